The topological polar surface area (TPSA) is 29.9 Å². The third-order valence-corrected chi connectivity index (χ3v) is 4.65. The van der Waals surface area contributed by atoms with Crippen molar-refractivity contribution in [1.82, 2.24) is 9.55 Å². The molecule has 2 aromatic heterocycles. The van der Waals surface area contributed by atoms with E-state index >= 15 is 0 Å². The molecule has 19 heavy (non-hydrogen) atoms. The molecule has 4 heteroatoms. The highest BCUT2D eigenvalue weighted by Crippen LogP contribution is 2.31. The maximum absolute atomic E-state index is 4.80. The third-order valence-electron chi connectivity index (χ3n) is 3.79. The summed E-state index contributed by atoms with van der Waals surface area (Å²) in [4.78, 5) is 6.02. The van der Waals surface area contributed by atoms with Gasteiger partial charge in [-0.25, -0.2) is 4.98 Å². The average Bonchev–Trinajstić information content (AvgIpc) is 3.05. The number of thiophene rings is 1. The first kappa shape index (κ1) is 11.1. The molecule has 4 rings (SSSR count). The Labute approximate surface area is 115 Å². The molecular formula is C15H15N3S. The maximum Gasteiger partial charge on any atom is 0.150 e. The predicted octanol–water partition coefficient (Wildman–Crippen LogP) is 3.66. The number of hydrogen-bond acceptors (Lipinski definition) is 3. The minimum atomic E-state index is 1.06. The van der Waals surface area contributed by atoms with E-state index in [-0.39, 0.29) is 0 Å². The molecular weight excluding hydrogens is 254 g/mol. The van der Waals surface area contributed by atoms with Crippen LogP contribution >= 0.6 is 11.3 Å². The molecule has 0 saturated carbocycles. The second-order valence-electron chi connectivity index (χ2n) is 5.00. The number of aromatic nitrogens is 2. The lowest BCUT2D eigenvalue weighted by Crippen LogP contribution is -2.11. The number of imidazole rings is 1. The summed E-state index contributed by atoms with van der Waals surface area (Å²) in [6.45, 7) is 1.07. The Hall–Kier alpha value is -1.81. The van der Waals surface area contributed by atoms with E-state index in [0.29, 0.717) is 0 Å². The Morgan fingerprint density at radius 2 is 2.32 bits per heavy atom. The molecule has 3 nitrogen and oxygen atoms in total. The Balaban J connectivity index is 1.96. The molecule has 3 heterocycles. The summed E-state index contributed by atoms with van der Waals surface area (Å²) in [6.07, 6.45) is 2.38. The molecule has 0 radical (unpaired) electrons. The van der Waals surface area contributed by atoms with Crippen LogP contribution in [0.2, 0.25) is 0 Å². The van der Waals surface area contributed by atoms with E-state index in [1.54, 1.807) is 11.3 Å². The molecule has 3 aromatic rings. The van der Waals surface area contributed by atoms with E-state index in [2.05, 4.69) is 46.6 Å². The van der Waals surface area contributed by atoms with E-state index in [1.165, 1.54) is 28.1 Å². The second-order valence-corrected chi connectivity index (χ2v) is 5.95. The van der Waals surface area contributed by atoms with Crippen LogP contribution in [0.4, 0.5) is 5.69 Å². The second kappa shape index (κ2) is 4.10. The van der Waals surface area contributed by atoms with Crippen molar-refractivity contribution >= 4 is 28.1 Å². The molecule has 0 atom stereocenters. The number of nitrogens with one attached hydrogen (secondary N) is 1. The van der Waals surface area contributed by atoms with Crippen LogP contribution in [0.5, 0.6) is 0 Å². The van der Waals surface area contributed by atoms with Gasteiger partial charge >= 0.3 is 0 Å². The first-order chi connectivity index (χ1) is 9.33. The Kier molecular flexibility index (Phi) is 2.38. The molecule has 0 fully saturated rings. The smallest absolute Gasteiger partial charge is 0.150 e. The van der Waals surface area contributed by atoms with Crippen LogP contribution in [0.15, 0.2) is 29.6 Å². The molecule has 0 bridgehead atoms. The number of anilines is 1. The molecule has 0 saturated heterocycles. The summed E-state index contributed by atoms with van der Waals surface area (Å²) in [5.41, 5.74) is 4.99. The SMILES string of the molecule is Cn1c(-c2cccs2)nc2cc3c(cc21)CCCN3. The quantitative estimate of drug-likeness (QED) is 0.730. The van der Waals surface area contributed by atoms with E-state index in [4.69, 9.17) is 4.98 Å². The molecule has 1 aromatic carbocycles. The molecule has 0 amide bonds. The van der Waals surface area contributed by atoms with Crippen LogP contribution in [0.1, 0.15) is 12.0 Å². The summed E-state index contributed by atoms with van der Waals surface area (Å²) in [5, 5.41) is 5.57. The van der Waals surface area contributed by atoms with Crippen molar-refractivity contribution in [2.45, 2.75) is 12.8 Å². The Morgan fingerprint density at radius 3 is 3.16 bits per heavy atom. The summed E-state index contributed by atoms with van der Waals surface area (Å²) in [7, 11) is 2.10. The zero-order chi connectivity index (χ0) is 12.8. The molecule has 1 aliphatic heterocycles. The van der Waals surface area contributed by atoms with Crippen LogP contribution < -0.4 is 5.32 Å². The lowest BCUT2D eigenvalue weighted by atomic mass is 10.0. The fourth-order valence-corrected chi connectivity index (χ4v) is 3.53. The lowest BCUT2D eigenvalue weighted by Gasteiger charge is -2.17. The zero-order valence-corrected chi connectivity index (χ0v) is 11.6. The van der Waals surface area contributed by atoms with Gasteiger partial charge in [0.2, 0.25) is 0 Å². The van der Waals surface area contributed by atoms with Crippen molar-refractivity contribution in [1.29, 1.82) is 0 Å². The molecule has 96 valence electrons. The monoisotopic (exact) mass is 269 g/mol. The van der Waals surface area contributed by atoms with Gasteiger partial charge in [0, 0.05) is 19.3 Å². The summed E-state index contributed by atoms with van der Waals surface area (Å²) in [6, 6.07) is 8.69. The van der Waals surface area contributed by atoms with Crippen LogP contribution in [-0.2, 0) is 13.5 Å². The summed E-state index contributed by atoms with van der Waals surface area (Å²) < 4.78 is 2.20. The van der Waals surface area contributed by atoms with Gasteiger partial charge in [0.25, 0.3) is 0 Å². The van der Waals surface area contributed by atoms with Crippen LogP contribution in [-0.4, -0.2) is 16.1 Å². The predicted molar refractivity (Wildman–Crippen MR) is 80.8 cm³/mol. The highest BCUT2D eigenvalue weighted by Gasteiger charge is 2.15. The largest absolute Gasteiger partial charge is 0.385 e. The van der Waals surface area contributed by atoms with E-state index in [1.807, 2.05) is 0 Å². The van der Waals surface area contributed by atoms with E-state index in [0.717, 1.165) is 24.3 Å². The number of nitrogens with zero attached hydrogens (tertiary/aromatic N) is 2. The molecule has 0 unspecified atom stereocenters. The van der Waals surface area contributed by atoms with E-state index < -0.39 is 0 Å². The van der Waals surface area contributed by atoms with Gasteiger partial charge in [0.1, 0.15) is 0 Å². The van der Waals surface area contributed by atoms with Crippen LogP contribution in [0.3, 0.4) is 0 Å². The fourth-order valence-electron chi connectivity index (χ4n) is 2.78. The van der Waals surface area contributed by atoms with Crippen molar-refractivity contribution in [2.75, 3.05) is 11.9 Å². The number of hydrogen-bond donors (Lipinski definition) is 1. The fraction of sp³-hybridized carbons (Fsp3) is 0.267. The average molecular weight is 269 g/mol. The van der Waals surface area contributed by atoms with E-state index in [9.17, 15) is 0 Å². The molecule has 1 N–H and O–H groups in total. The van der Waals surface area contributed by atoms with Gasteiger partial charge < -0.3 is 9.88 Å². The van der Waals surface area contributed by atoms with Gasteiger partial charge in [-0.2, -0.15) is 0 Å². The van der Waals surface area contributed by atoms with Crippen LogP contribution in [0.25, 0.3) is 21.7 Å². The highest BCUT2D eigenvalue weighted by atomic mass is 32.1. The number of rotatable bonds is 1. The van der Waals surface area contributed by atoms with Gasteiger partial charge in [-0.05, 0) is 42.0 Å². The first-order valence-electron chi connectivity index (χ1n) is 6.60. The standard InChI is InChI=1S/C15H15N3S/c1-18-13-8-10-4-2-6-16-11(10)9-12(13)17-15(18)14-5-3-7-19-14/h3,5,7-9,16H,2,4,6H2,1H3. The molecule has 0 spiro atoms. The Morgan fingerprint density at radius 1 is 1.37 bits per heavy atom. The number of benzene rings is 1. The minimum Gasteiger partial charge on any atom is -0.385 e. The van der Waals surface area contributed by atoms with Crippen molar-refractivity contribution in [3.63, 3.8) is 0 Å². The molecule has 1 aliphatic rings. The number of aryl methyl sites for hydroxylation is 2. The minimum absolute atomic E-state index is 1.06. The van der Waals surface area contributed by atoms with Gasteiger partial charge in [-0.15, -0.1) is 11.3 Å². The lowest BCUT2D eigenvalue weighted by molar-refractivity contribution is 0.830. The van der Waals surface area contributed by atoms with Gasteiger partial charge in [-0.3, -0.25) is 0 Å². The Bertz CT molecular complexity index is 740. The highest BCUT2D eigenvalue weighted by molar-refractivity contribution is 7.13. The van der Waals surface area contributed by atoms with Crippen molar-refractivity contribution in [3.05, 3.63) is 35.2 Å². The zero-order valence-electron chi connectivity index (χ0n) is 10.8. The first-order valence-corrected chi connectivity index (χ1v) is 7.48. The van der Waals surface area contributed by atoms with Crippen molar-refractivity contribution in [3.8, 4) is 10.7 Å². The van der Waals surface area contributed by atoms with Crippen molar-refractivity contribution < 1.29 is 0 Å². The third kappa shape index (κ3) is 1.67. The van der Waals surface area contributed by atoms with Gasteiger partial charge in [0.05, 0.1) is 15.9 Å². The van der Waals surface area contributed by atoms with Gasteiger partial charge in [-0.1, -0.05) is 6.07 Å². The normalized spacial score (nSPS) is 14.4. The van der Waals surface area contributed by atoms with Crippen LogP contribution in [0, 0.1) is 0 Å². The number of fused-ring (bicyclic) bond motifs is 2. The molecule has 0 aliphatic carbocycles. The maximum atomic E-state index is 4.80. The summed E-state index contributed by atoms with van der Waals surface area (Å²) in [5.74, 6) is 1.06. The summed E-state index contributed by atoms with van der Waals surface area (Å²) >= 11 is 1.74. The van der Waals surface area contributed by atoms with Crippen molar-refractivity contribution in [2.24, 2.45) is 7.05 Å². The van der Waals surface area contributed by atoms with Gasteiger partial charge in [0.15, 0.2) is 5.82 Å².